The third-order valence-corrected chi connectivity index (χ3v) is 11.6. The van der Waals surface area contributed by atoms with E-state index < -0.39 is 0 Å². The SMILES string of the molecule is CC.CC.CC.CC.CC.CC.CC.CC.CC.CC.CCc1ccccn1.CCc1ccccn1.CCc1cccnc1.CCc1cccnc1.CCc1cccnn1.CCc1cnc(C)c(C)n1.CCc1cnnc(C)c1C.CCc1ncccn1.CCc1ncnc(C)c1C. The standard InChI is InChI=1S/3C8H12N2.4C7H9N.2C6H8N2.10C2H6/c1-4-8-6(2)7(3)9-5-10-8;1-4-8-5-9-6(2)7(3)10-8;1-4-8-5-9-10-7(3)6(8)2;2*1-2-7-4-3-5-8-6-7;2*1-2-7-5-3-4-6-8-7;1-2-6-7-4-3-5-8-6;1-2-6-4-3-5-7-8-6;10*1-2/h3*5H,4H2,1-3H3;4*3-6H,2H2,1H3;2*3-5H,2H2,1H3;10*1-2H3. The van der Waals surface area contributed by atoms with Crippen LogP contribution in [-0.2, 0) is 57.8 Å². The monoisotopic (exact) mass is 1350 g/mol. The molecule has 9 aromatic rings. The fourth-order valence-corrected chi connectivity index (χ4v) is 6.11. The summed E-state index contributed by atoms with van der Waals surface area (Å²) >= 11 is 0. The van der Waals surface area contributed by atoms with Crippen LogP contribution in [0.4, 0.5) is 0 Å². The van der Waals surface area contributed by atoms with E-state index in [-0.39, 0.29) is 0 Å². The number of hydrogen-bond acceptors (Lipinski definition) is 14. The average molecular weight is 1350 g/mol. The molecule has 0 bridgehead atoms. The van der Waals surface area contributed by atoms with Gasteiger partial charge in [-0.3, -0.25) is 29.9 Å². The van der Waals surface area contributed by atoms with Crippen LogP contribution in [-0.4, -0.2) is 70.2 Å². The van der Waals surface area contributed by atoms with E-state index in [0.29, 0.717) is 0 Å². The Morgan fingerprint density at radius 1 is 0.265 bits per heavy atom. The molecular formula is C84H148N14. The molecule has 554 valence electrons. The first-order valence-corrected chi connectivity index (χ1v) is 37.3. The maximum absolute atomic E-state index is 4.33. The third kappa shape index (κ3) is 68.0. The summed E-state index contributed by atoms with van der Waals surface area (Å²) in [5, 5.41) is 15.4. The zero-order valence-electron chi connectivity index (χ0n) is 69.6. The van der Waals surface area contributed by atoms with Crippen molar-refractivity contribution in [2.75, 3.05) is 0 Å². The van der Waals surface area contributed by atoms with Crippen LogP contribution in [0.15, 0.2) is 153 Å². The van der Waals surface area contributed by atoms with Crippen molar-refractivity contribution < 1.29 is 0 Å². The molecule has 9 heterocycles. The predicted octanol–water partition coefficient (Wildman–Crippen LogP) is 23.9. The van der Waals surface area contributed by atoms with Crippen molar-refractivity contribution in [3.05, 3.63) is 238 Å². The van der Waals surface area contributed by atoms with Gasteiger partial charge in [0, 0.05) is 91.2 Å². The Balaban J connectivity index is -0.000000108. The molecule has 0 fully saturated rings. The summed E-state index contributed by atoms with van der Waals surface area (Å²) in [7, 11) is 0. The molecule has 0 aliphatic heterocycles. The van der Waals surface area contributed by atoms with Crippen LogP contribution in [0.25, 0.3) is 0 Å². The molecule has 14 heteroatoms. The second kappa shape index (κ2) is 95.4. The van der Waals surface area contributed by atoms with E-state index in [9.17, 15) is 0 Å². The van der Waals surface area contributed by atoms with E-state index in [0.717, 1.165) is 115 Å². The molecule has 98 heavy (non-hydrogen) atoms. The summed E-state index contributed by atoms with van der Waals surface area (Å²) in [4.78, 5) is 40.8. The van der Waals surface area contributed by atoms with E-state index in [1.807, 2.05) is 277 Å². The van der Waals surface area contributed by atoms with Crippen molar-refractivity contribution in [3.8, 4) is 0 Å². The second-order valence-corrected chi connectivity index (χ2v) is 17.1. The number of aryl methyl sites for hydroxylation is 13. The van der Waals surface area contributed by atoms with Crippen LogP contribution >= 0.6 is 0 Å². The van der Waals surface area contributed by atoms with Crippen molar-refractivity contribution in [2.45, 2.75) is 300 Å². The Bertz CT molecular complexity index is 2460. The van der Waals surface area contributed by atoms with E-state index >= 15 is 0 Å². The molecule has 0 N–H and O–H groups in total. The highest BCUT2D eigenvalue weighted by molar-refractivity contribution is 5.25. The quantitative estimate of drug-likeness (QED) is 0.133. The van der Waals surface area contributed by atoms with Gasteiger partial charge in [-0.1, -0.05) is 225 Å². The van der Waals surface area contributed by atoms with Gasteiger partial charge in [-0.15, -0.1) is 0 Å². The van der Waals surface area contributed by atoms with Gasteiger partial charge in [0.05, 0.1) is 34.7 Å². The van der Waals surface area contributed by atoms with Crippen LogP contribution in [0.1, 0.15) is 286 Å². The molecule has 9 rings (SSSR count). The number of pyridine rings is 4. The van der Waals surface area contributed by atoms with E-state index in [1.54, 1.807) is 37.3 Å². The van der Waals surface area contributed by atoms with Crippen LogP contribution in [0, 0.1) is 41.5 Å². The summed E-state index contributed by atoms with van der Waals surface area (Å²) < 4.78 is 0. The maximum Gasteiger partial charge on any atom is 0.127 e. The largest absolute Gasteiger partial charge is 0.264 e. The predicted molar refractivity (Wildman–Crippen MR) is 433 cm³/mol. The summed E-state index contributed by atoms with van der Waals surface area (Å²) in [5.74, 6) is 0.910. The second-order valence-electron chi connectivity index (χ2n) is 17.1. The minimum absolute atomic E-state index is 0.910. The van der Waals surface area contributed by atoms with Gasteiger partial charge < -0.3 is 0 Å². The van der Waals surface area contributed by atoms with Crippen LogP contribution in [0.5, 0.6) is 0 Å². The molecule has 0 amide bonds. The lowest BCUT2D eigenvalue weighted by Crippen LogP contribution is -1.96. The molecule has 9 aromatic heterocycles. The molecule has 0 radical (unpaired) electrons. The fraction of sp³-hybridized carbons (Fsp3) is 0.524. The van der Waals surface area contributed by atoms with Crippen LogP contribution in [0.2, 0.25) is 0 Å². The zero-order chi connectivity index (χ0) is 77.6. The lowest BCUT2D eigenvalue weighted by molar-refractivity contribution is 0.919. The van der Waals surface area contributed by atoms with Crippen molar-refractivity contribution in [1.29, 1.82) is 0 Å². The Kier molecular flexibility index (Phi) is 108. The number of aromatic nitrogens is 14. The normalized spacial score (nSPS) is 8.11. The first kappa shape index (κ1) is 111. The molecule has 0 aliphatic carbocycles. The fourth-order valence-electron chi connectivity index (χ4n) is 6.11. The smallest absolute Gasteiger partial charge is 0.127 e. The number of nitrogens with zero attached hydrogens (tertiary/aromatic N) is 14. The third-order valence-electron chi connectivity index (χ3n) is 11.6. The highest BCUT2D eigenvalue weighted by Gasteiger charge is 2.00. The van der Waals surface area contributed by atoms with Gasteiger partial charge in [-0.05, 0) is 175 Å². The molecule has 0 aromatic carbocycles. The van der Waals surface area contributed by atoms with Crippen molar-refractivity contribution in [1.82, 2.24) is 70.2 Å². The first-order valence-electron chi connectivity index (χ1n) is 37.3. The highest BCUT2D eigenvalue weighted by Crippen LogP contribution is 2.09. The number of rotatable bonds is 9. The lowest BCUT2D eigenvalue weighted by atomic mass is 10.1. The summed E-state index contributed by atoms with van der Waals surface area (Å²) in [6.07, 6.45) is 30.6. The molecule has 0 saturated heterocycles. The minimum atomic E-state index is 0.910. The summed E-state index contributed by atoms with van der Waals surface area (Å²) in [5.41, 5.74) is 16.2. The van der Waals surface area contributed by atoms with Gasteiger partial charge in [0.15, 0.2) is 0 Å². The van der Waals surface area contributed by atoms with Gasteiger partial charge in [0.25, 0.3) is 0 Å². The maximum atomic E-state index is 4.33. The summed E-state index contributed by atoms with van der Waals surface area (Å²) in [6, 6.07) is 25.7. The van der Waals surface area contributed by atoms with Crippen molar-refractivity contribution in [2.24, 2.45) is 0 Å². The van der Waals surface area contributed by atoms with Gasteiger partial charge in [-0.25, -0.2) is 19.9 Å². The van der Waals surface area contributed by atoms with Gasteiger partial charge in [-0.2, -0.15) is 20.4 Å². The Labute approximate surface area is 605 Å². The minimum Gasteiger partial charge on any atom is -0.264 e. The average Bonchev–Trinajstić information content (AvgIpc) is 1.59. The number of hydrogen-bond donors (Lipinski definition) is 0. The molecule has 0 atom stereocenters. The van der Waals surface area contributed by atoms with Gasteiger partial charge in [0.1, 0.15) is 12.2 Å². The first-order chi connectivity index (χ1) is 47.8. The van der Waals surface area contributed by atoms with Crippen molar-refractivity contribution in [3.63, 3.8) is 0 Å². The van der Waals surface area contributed by atoms with E-state index in [4.69, 9.17) is 0 Å². The summed E-state index contributed by atoms with van der Waals surface area (Å²) in [6.45, 7) is 71.0. The van der Waals surface area contributed by atoms with E-state index in [2.05, 4.69) is 152 Å². The Morgan fingerprint density at radius 3 is 0.969 bits per heavy atom. The Hall–Kier alpha value is -8.00. The topological polar surface area (TPSA) is 180 Å². The molecule has 14 nitrogen and oxygen atoms in total. The molecule has 0 unspecified atom stereocenters. The Morgan fingerprint density at radius 2 is 0.694 bits per heavy atom. The van der Waals surface area contributed by atoms with Crippen LogP contribution < -0.4 is 0 Å². The molecule has 0 saturated carbocycles. The highest BCUT2D eigenvalue weighted by atomic mass is 15.1. The van der Waals surface area contributed by atoms with E-state index in [1.165, 1.54) is 27.8 Å². The van der Waals surface area contributed by atoms with Gasteiger partial charge >= 0.3 is 0 Å². The molecule has 0 aliphatic rings. The van der Waals surface area contributed by atoms with Gasteiger partial charge in [0.2, 0.25) is 0 Å². The lowest BCUT2D eigenvalue weighted by Gasteiger charge is -2.01. The molecule has 0 spiro atoms. The molecular weight excluding hydrogens is 1210 g/mol. The van der Waals surface area contributed by atoms with Crippen LogP contribution in [0.3, 0.4) is 0 Å². The zero-order valence-corrected chi connectivity index (χ0v) is 69.6. The van der Waals surface area contributed by atoms with Crippen molar-refractivity contribution >= 4 is 0 Å².